The van der Waals surface area contributed by atoms with Crippen molar-refractivity contribution in [3.05, 3.63) is 53.6 Å². The Kier molecular flexibility index (Phi) is 2.27. The number of aryl methyl sites for hydroxylation is 1. The fourth-order valence-corrected chi connectivity index (χ4v) is 2.14. The zero-order valence-corrected chi connectivity index (χ0v) is 9.84. The lowest BCUT2D eigenvalue weighted by molar-refractivity contribution is 0.0699. The molecule has 2 aromatic carbocycles. The van der Waals surface area contributed by atoms with Gasteiger partial charge in [0.1, 0.15) is 0 Å². The van der Waals surface area contributed by atoms with Crippen molar-refractivity contribution in [2.75, 3.05) is 0 Å². The number of rotatable bonds is 1. The summed E-state index contributed by atoms with van der Waals surface area (Å²) in [6.45, 7) is 1.99. The highest BCUT2D eigenvalue weighted by molar-refractivity contribution is 6.04. The molecular formula is C15H11NO2. The fraction of sp³-hybridized carbons (Fsp3) is 0.0667. The zero-order chi connectivity index (χ0) is 12.7. The third-order valence-corrected chi connectivity index (χ3v) is 3.03. The first-order valence-corrected chi connectivity index (χ1v) is 5.68. The van der Waals surface area contributed by atoms with Crippen LogP contribution in [0.15, 0.2) is 42.5 Å². The van der Waals surface area contributed by atoms with Gasteiger partial charge in [-0.2, -0.15) is 0 Å². The van der Waals surface area contributed by atoms with Crippen LogP contribution in [-0.2, 0) is 0 Å². The van der Waals surface area contributed by atoms with Crippen LogP contribution >= 0.6 is 0 Å². The maximum absolute atomic E-state index is 11.2. The zero-order valence-electron chi connectivity index (χ0n) is 9.84. The van der Waals surface area contributed by atoms with Crippen molar-refractivity contribution < 1.29 is 9.90 Å². The number of pyridine rings is 1. The number of benzene rings is 2. The molecular weight excluding hydrogens is 226 g/mol. The van der Waals surface area contributed by atoms with E-state index < -0.39 is 5.97 Å². The SMILES string of the molecule is Cc1ccc2cc3cccc(C(=O)O)c3nc2c1. The van der Waals surface area contributed by atoms with Gasteiger partial charge < -0.3 is 5.11 Å². The molecule has 0 saturated carbocycles. The van der Waals surface area contributed by atoms with Gasteiger partial charge in [-0.15, -0.1) is 0 Å². The van der Waals surface area contributed by atoms with Gasteiger partial charge in [0.15, 0.2) is 0 Å². The summed E-state index contributed by atoms with van der Waals surface area (Å²) >= 11 is 0. The molecule has 18 heavy (non-hydrogen) atoms. The van der Waals surface area contributed by atoms with Crippen LogP contribution in [0.2, 0.25) is 0 Å². The minimum Gasteiger partial charge on any atom is -0.478 e. The van der Waals surface area contributed by atoms with E-state index >= 15 is 0 Å². The summed E-state index contributed by atoms with van der Waals surface area (Å²) in [4.78, 5) is 15.7. The Labute approximate surface area is 104 Å². The van der Waals surface area contributed by atoms with Gasteiger partial charge in [-0.05, 0) is 30.7 Å². The van der Waals surface area contributed by atoms with Crippen LogP contribution in [0.25, 0.3) is 21.8 Å². The van der Waals surface area contributed by atoms with Crippen molar-refractivity contribution in [2.45, 2.75) is 6.92 Å². The molecule has 0 aliphatic heterocycles. The number of carbonyl (C=O) groups is 1. The standard InChI is InChI=1S/C15H11NO2/c1-9-5-6-10-8-11-3-2-4-12(15(17)18)14(11)16-13(10)7-9/h2-8H,1H3,(H,17,18). The normalized spacial score (nSPS) is 10.9. The molecule has 0 atom stereocenters. The Morgan fingerprint density at radius 3 is 2.72 bits per heavy atom. The van der Waals surface area contributed by atoms with Crippen LogP contribution in [0.3, 0.4) is 0 Å². The predicted molar refractivity (Wildman–Crippen MR) is 70.9 cm³/mol. The van der Waals surface area contributed by atoms with Crippen LogP contribution in [0.5, 0.6) is 0 Å². The van der Waals surface area contributed by atoms with E-state index in [4.69, 9.17) is 5.11 Å². The predicted octanol–water partition coefficient (Wildman–Crippen LogP) is 3.39. The molecule has 0 aliphatic carbocycles. The van der Waals surface area contributed by atoms with E-state index in [0.717, 1.165) is 21.9 Å². The lowest BCUT2D eigenvalue weighted by atomic mass is 10.1. The molecule has 0 saturated heterocycles. The van der Waals surface area contributed by atoms with E-state index in [1.165, 1.54) is 0 Å². The average Bonchev–Trinajstić information content (AvgIpc) is 2.35. The molecule has 0 aliphatic rings. The molecule has 1 heterocycles. The van der Waals surface area contributed by atoms with Crippen LogP contribution in [0, 0.1) is 6.92 Å². The number of carboxylic acid groups (broad SMARTS) is 1. The van der Waals surface area contributed by atoms with Gasteiger partial charge in [0.2, 0.25) is 0 Å². The second kappa shape index (κ2) is 3.81. The Balaban J connectivity index is 2.45. The Morgan fingerprint density at radius 2 is 1.94 bits per heavy atom. The number of para-hydroxylation sites is 1. The highest BCUT2D eigenvalue weighted by Crippen LogP contribution is 2.23. The summed E-state index contributed by atoms with van der Waals surface area (Å²) in [6.07, 6.45) is 0. The second-order valence-electron chi connectivity index (χ2n) is 4.37. The molecule has 0 bridgehead atoms. The topological polar surface area (TPSA) is 50.2 Å². The van der Waals surface area contributed by atoms with Crippen molar-refractivity contribution in [2.24, 2.45) is 0 Å². The molecule has 3 heteroatoms. The van der Waals surface area contributed by atoms with E-state index in [-0.39, 0.29) is 5.56 Å². The van der Waals surface area contributed by atoms with Crippen LogP contribution < -0.4 is 0 Å². The first-order chi connectivity index (χ1) is 8.65. The summed E-state index contributed by atoms with van der Waals surface area (Å²) in [5.41, 5.74) is 2.73. The van der Waals surface area contributed by atoms with E-state index in [1.807, 2.05) is 37.3 Å². The van der Waals surface area contributed by atoms with Gasteiger partial charge in [0.25, 0.3) is 0 Å². The molecule has 1 aromatic heterocycles. The maximum Gasteiger partial charge on any atom is 0.337 e. The van der Waals surface area contributed by atoms with Crippen molar-refractivity contribution in [3.8, 4) is 0 Å². The number of aromatic carboxylic acids is 1. The van der Waals surface area contributed by atoms with E-state index in [1.54, 1.807) is 12.1 Å². The van der Waals surface area contributed by atoms with Crippen molar-refractivity contribution in [3.63, 3.8) is 0 Å². The van der Waals surface area contributed by atoms with E-state index in [0.29, 0.717) is 5.52 Å². The quantitative estimate of drug-likeness (QED) is 0.660. The minimum absolute atomic E-state index is 0.246. The molecule has 3 aromatic rings. The summed E-state index contributed by atoms with van der Waals surface area (Å²) < 4.78 is 0. The Hall–Kier alpha value is -2.42. The molecule has 0 radical (unpaired) electrons. The molecule has 0 fully saturated rings. The van der Waals surface area contributed by atoms with Gasteiger partial charge in [0, 0.05) is 10.8 Å². The number of carboxylic acids is 1. The fourth-order valence-electron chi connectivity index (χ4n) is 2.14. The molecule has 0 amide bonds. The summed E-state index contributed by atoms with van der Waals surface area (Å²) in [7, 11) is 0. The molecule has 3 rings (SSSR count). The molecule has 0 unspecified atom stereocenters. The first-order valence-electron chi connectivity index (χ1n) is 5.68. The van der Waals surface area contributed by atoms with Crippen molar-refractivity contribution >= 4 is 27.8 Å². The largest absolute Gasteiger partial charge is 0.478 e. The van der Waals surface area contributed by atoms with Gasteiger partial charge in [0.05, 0.1) is 16.6 Å². The van der Waals surface area contributed by atoms with Gasteiger partial charge in [-0.25, -0.2) is 9.78 Å². The van der Waals surface area contributed by atoms with E-state index in [2.05, 4.69) is 4.98 Å². The van der Waals surface area contributed by atoms with Gasteiger partial charge in [-0.3, -0.25) is 0 Å². The number of aromatic nitrogens is 1. The minimum atomic E-state index is -0.944. The van der Waals surface area contributed by atoms with Gasteiger partial charge >= 0.3 is 5.97 Å². The second-order valence-corrected chi connectivity index (χ2v) is 4.37. The molecule has 88 valence electrons. The molecule has 1 N–H and O–H groups in total. The molecule has 3 nitrogen and oxygen atoms in total. The monoisotopic (exact) mass is 237 g/mol. The smallest absolute Gasteiger partial charge is 0.337 e. The summed E-state index contributed by atoms with van der Waals surface area (Å²) in [5, 5.41) is 11.0. The average molecular weight is 237 g/mol. The lowest BCUT2D eigenvalue weighted by Crippen LogP contribution is -1.98. The number of hydrogen-bond donors (Lipinski definition) is 1. The number of hydrogen-bond acceptors (Lipinski definition) is 2. The van der Waals surface area contributed by atoms with Crippen LogP contribution in [-0.4, -0.2) is 16.1 Å². The maximum atomic E-state index is 11.2. The Bertz CT molecular complexity index is 778. The third-order valence-electron chi connectivity index (χ3n) is 3.03. The van der Waals surface area contributed by atoms with Crippen molar-refractivity contribution in [1.29, 1.82) is 0 Å². The Morgan fingerprint density at radius 1 is 1.11 bits per heavy atom. The van der Waals surface area contributed by atoms with Crippen LogP contribution in [0.1, 0.15) is 15.9 Å². The third kappa shape index (κ3) is 1.61. The highest BCUT2D eigenvalue weighted by Gasteiger charge is 2.10. The van der Waals surface area contributed by atoms with E-state index in [9.17, 15) is 4.79 Å². The summed E-state index contributed by atoms with van der Waals surface area (Å²) in [5.74, 6) is -0.944. The van der Waals surface area contributed by atoms with Crippen LogP contribution in [0.4, 0.5) is 0 Å². The molecule has 0 spiro atoms. The highest BCUT2D eigenvalue weighted by atomic mass is 16.4. The number of fused-ring (bicyclic) bond motifs is 2. The van der Waals surface area contributed by atoms with Gasteiger partial charge in [-0.1, -0.05) is 24.3 Å². The first kappa shape index (κ1) is 10.7. The lowest BCUT2D eigenvalue weighted by Gasteiger charge is -2.05. The number of nitrogens with zero attached hydrogens (tertiary/aromatic N) is 1. The van der Waals surface area contributed by atoms with Crippen molar-refractivity contribution in [1.82, 2.24) is 4.98 Å². The summed E-state index contributed by atoms with van der Waals surface area (Å²) in [6, 6.07) is 13.2.